The van der Waals surface area contributed by atoms with Crippen molar-refractivity contribution in [2.24, 2.45) is 29.6 Å². The first-order valence-electron chi connectivity index (χ1n) is 19.8. The fraction of sp³-hybridized carbons (Fsp3) is 0.690. The van der Waals surface area contributed by atoms with Gasteiger partial charge in [-0.05, 0) is 62.8 Å². The van der Waals surface area contributed by atoms with Gasteiger partial charge in [-0.3, -0.25) is 19.2 Å². The molecule has 0 aromatic heterocycles. The quantitative estimate of drug-likeness (QED) is 0.0936. The Hall–Kier alpha value is -3.52. The van der Waals surface area contributed by atoms with E-state index in [2.05, 4.69) is 21.3 Å². The Labute approximate surface area is 339 Å². The van der Waals surface area contributed by atoms with Gasteiger partial charge in [0.1, 0.15) is 12.1 Å². The third-order valence-corrected chi connectivity index (χ3v) is 11.8. The van der Waals surface area contributed by atoms with Gasteiger partial charge in [-0.2, -0.15) is 0 Å². The summed E-state index contributed by atoms with van der Waals surface area (Å²) >= 11 is 6.11. The highest BCUT2D eigenvalue weighted by molar-refractivity contribution is 6.30. The molecule has 1 aromatic rings. The van der Waals surface area contributed by atoms with Crippen molar-refractivity contribution in [2.75, 3.05) is 28.3 Å². The van der Waals surface area contributed by atoms with Crippen molar-refractivity contribution in [3.63, 3.8) is 0 Å². The van der Waals surface area contributed by atoms with Gasteiger partial charge in [-0.15, -0.1) is 0 Å². The monoisotopic (exact) mass is 805 g/mol. The summed E-state index contributed by atoms with van der Waals surface area (Å²) in [4.78, 5) is 68.9. The molecule has 0 saturated carbocycles. The maximum absolute atomic E-state index is 14.2. The van der Waals surface area contributed by atoms with Crippen LogP contribution in [-0.4, -0.2) is 110 Å². The topological polar surface area (TPSA) is 175 Å². The first-order chi connectivity index (χ1) is 26.2. The predicted molar refractivity (Wildman–Crippen MR) is 219 cm³/mol. The number of benzene rings is 1. The van der Waals surface area contributed by atoms with Crippen LogP contribution in [0.4, 0.5) is 0 Å². The largest absolute Gasteiger partial charge is 0.480 e. The number of rotatable bonds is 24. The number of methoxy groups -OCH3 is 2. The Morgan fingerprint density at radius 2 is 1.50 bits per heavy atom. The molecule has 13 nitrogen and oxygen atoms in total. The molecule has 5 N–H and O–H groups in total. The van der Waals surface area contributed by atoms with E-state index in [9.17, 15) is 29.1 Å². The van der Waals surface area contributed by atoms with E-state index >= 15 is 0 Å². The lowest BCUT2D eigenvalue weighted by Gasteiger charge is -2.40. The molecule has 14 heteroatoms. The van der Waals surface area contributed by atoms with Gasteiger partial charge >= 0.3 is 5.97 Å². The molecule has 2 rings (SSSR count). The number of ether oxygens (including phenoxy) is 2. The molecule has 316 valence electrons. The first-order valence-corrected chi connectivity index (χ1v) is 20.2. The van der Waals surface area contributed by atoms with Crippen LogP contribution in [0.25, 0.3) is 0 Å². The van der Waals surface area contributed by atoms with E-state index < -0.39 is 60.2 Å². The Balaban J connectivity index is 2.33. The lowest BCUT2D eigenvalue weighted by molar-refractivity contribution is -0.145. The van der Waals surface area contributed by atoms with Crippen molar-refractivity contribution in [1.82, 2.24) is 26.2 Å². The standard InChI is InChI=1S/C42H68ClN5O8/c1-14-24(6)37(48(11)41(52)36(23(4)5)47-40(51)35(44-10)22(2)3)33(55-12)21-34(49)45-31(20-30-25(7)26(30)8)38(56-13)27(9)39(50)46-32(42(53)54)19-28-16-15-17-29(43)18-28/h15-18,22-24,27,30-33,35-38,44H,14,19-21H2,1-13H3,(H,45,49)(H,46,50)(H,47,51)(H,53,54)/t24-,27+,31-,32-,33+,35-,36-,37-,38+/m0/s1. The average molecular weight is 806 g/mol. The van der Waals surface area contributed by atoms with Crippen LogP contribution in [0.3, 0.4) is 0 Å². The number of hydrogen-bond acceptors (Lipinski definition) is 8. The number of carbonyl (C=O) groups is 5. The van der Waals surface area contributed by atoms with Gasteiger partial charge in [0.15, 0.2) is 0 Å². The van der Waals surface area contributed by atoms with Gasteiger partial charge in [0, 0.05) is 38.6 Å². The van der Waals surface area contributed by atoms with E-state index in [1.54, 1.807) is 50.2 Å². The third kappa shape index (κ3) is 13.3. The number of allylic oxidation sites excluding steroid dienone is 2. The van der Waals surface area contributed by atoms with Crippen molar-refractivity contribution >= 4 is 41.2 Å². The van der Waals surface area contributed by atoms with Crippen molar-refractivity contribution in [1.29, 1.82) is 0 Å². The maximum atomic E-state index is 14.2. The molecule has 0 aliphatic heterocycles. The van der Waals surface area contributed by atoms with Gasteiger partial charge in [0.2, 0.25) is 23.6 Å². The molecule has 0 unspecified atom stereocenters. The van der Waals surface area contributed by atoms with Gasteiger partial charge in [0.25, 0.3) is 0 Å². The zero-order valence-electron chi connectivity index (χ0n) is 35.7. The normalized spacial score (nSPS) is 17.9. The molecule has 1 aliphatic carbocycles. The number of amides is 4. The van der Waals surface area contributed by atoms with E-state index in [1.165, 1.54) is 25.4 Å². The third-order valence-electron chi connectivity index (χ3n) is 11.5. The summed E-state index contributed by atoms with van der Waals surface area (Å²) < 4.78 is 11.9. The molecule has 0 bridgehead atoms. The first kappa shape index (κ1) is 48.6. The van der Waals surface area contributed by atoms with Gasteiger partial charge in [-0.25, -0.2) is 4.79 Å². The van der Waals surface area contributed by atoms with Crippen molar-refractivity contribution in [3.8, 4) is 0 Å². The molecule has 0 saturated heterocycles. The van der Waals surface area contributed by atoms with Crippen LogP contribution in [0.15, 0.2) is 35.4 Å². The predicted octanol–water partition coefficient (Wildman–Crippen LogP) is 4.61. The van der Waals surface area contributed by atoms with Gasteiger partial charge in [0.05, 0.1) is 42.7 Å². The highest BCUT2D eigenvalue weighted by Gasteiger charge is 2.42. The molecular formula is C42H68ClN5O8. The summed E-state index contributed by atoms with van der Waals surface area (Å²) in [5.74, 6) is -3.62. The number of nitrogens with zero attached hydrogens (tertiary/aromatic N) is 1. The van der Waals surface area contributed by atoms with E-state index in [1.807, 2.05) is 55.4 Å². The Morgan fingerprint density at radius 1 is 0.893 bits per heavy atom. The molecule has 0 radical (unpaired) electrons. The van der Waals surface area contributed by atoms with E-state index in [4.69, 9.17) is 21.1 Å². The molecule has 0 spiro atoms. The molecule has 0 heterocycles. The number of nitrogens with one attached hydrogen (secondary N) is 4. The number of carboxylic acid groups (broad SMARTS) is 1. The van der Waals surface area contributed by atoms with Crippen LogP contribution in [-0.2, 0) is 39.9 Å². The minimum atomic E-state index is -1.22. The second kappa shape index (κ2) is 22.4. The summed E-state index contributed by atoms with van der Waals surface area (Å²) in [5.41, 5.74) is 3.07. The molecular weight excluding hydrogens is 738 g/mol. The average Bonchev–Trinajstić information content (AvgIpc) is 3.70. The zero-order valence-corrected chi connectivity index (χ0v) is 36.5. The summed E-state index contributed by atoms with van der Waals surface area (Å²) in [5, 5.41) is 22.2. The van der Waals surface area contributed by atoms with E-state index in [0.29, 0.717) is 23.4 Å². The number of carbonyl (C=O) groups excluding carboxylic acids is 4. The number of likely N-dealkylation sites (N-methyl/N-ethyl adjacent to an activating group) is 2. The second-order valence-electron chi connectivity index (χ2n) is 16.1. The number of aliphatic carboxylic acids is 1. The van der Waals surface area contributed by atoms with Gasteiger partial charge in [-0.1, -0.05) is 89.8 Å². The lowest BCUT2D eigenvalue weighted by Crippen LogP contribution is -2.59. The van der Waals surface area contributed by atoms with Crippen LogP contribution in [0.5, 0.6) is 0 Å². The van der Waals surface area contributed by atoms with E-state index in [0.717, 1.165) is 0 Å². The van der Waals surface area contributed by atoms with Crippen LogP contribution in [0, 0.1) is 29.6 Å². The smallest absolute Gasteiger partial charge is 0.326 e. The number of carboxylic acids is 1. The lowest BCUT2D eigenvalue weighted by atomic mass is 9.89. The zero-order chi connectivity index (χ0) is 42.6. The maximum Gasteiger partial charge on any atom is 0.326 e. The summed E-state index contributed by atoms with van der Waals surface area (Å²) in [6.07, 6.45) is -0.410. The van der Waals surface area contributed by atoms with Crippen LogP contribution < -0.4 is 21.3 Å². The molecule has 1 aromatic carbocycles. The Kier molecular flexibility index (Phi) is 19.5. The fourth-order valence-corrected chi connectivity index (χ4v) is 7.84. The Bertz CT molecular complexity index is 1520. The summed E-state index contributed by atoms with van der Waals surface area (Å²) in [7, 11) is 6.38. The van der Waals surface area contributed by atoms with Crippen LogP contribution in [0.2, 0.25) is 5.02 Å². The minimum absolute atomic E-state index is 0.00804. The molecule has 1 aliphatic rings. The highest BCUT2D eigenvalue weighted by Crippen LogP contribution is 2.42. The molecule has 56 heavy (non-hydrogen) atoms. The minimum Gasteiger partial charge on any atom is -0.480 e. The fourth-order valence-electron chi connectivity index (χ4n) is 7.62. The molecule has 9 atom stereocenters. The van der Waals surface area contributed by atoms with Gasteiger partial charge < -0.3 is 40.7 Å². The summed E-state index contributed by atoms with van der Waals surface area (Å²) in [6, 6.07) is 3.17. The SMILES string of the molecule is CC[C@H](C)[C@@H]([C@@H](CC(=O)N[C@@H](CC1C(C)=C1C)[C@H](OC)[C@@H](C)C(=O)N[C@@H](Cc1cccc(Cl)c1)C(=O)O)OC)N(C)C(=O)[C@@H](NC(=O)[C@@H](NC)C(C)C)C(C)C. The number of hydrogen-bond donors (Lipinski definition) is 5. The van der Waals surface area contributed by atoms with Crippen molar-refractivity contribution < 1.29 is 38.6 Å². The van der Waals surface area contributed by atoms with Crippen LogP contribution >= 0.6 is 11.6 Å². The molecule has 0 fully saturated rings. The van der Waals surface area contributed by atoms with Crippen molar-refractivity contribution in [3.05, 3.63) is 46.0 Å². The van der Waals surface area contributed by atoms with Crippen molar-refractivity contribution in [2.45, 2.75) is 130 Å². The Morgan fingerprint density at radius 3 is 1.96 bits per heavy atom. The summed E-state index contributed by atoms with van der Waals surface area (Å²) in [6.45, 7) is 17.4. The molecule has 4 amide bonds. The highest BCUT2D eigenvalue weighted by atomic mass is 35.5. The van der Waals surface area contributed by atoms with Crippen LogP contribution in [0.1, 0.15) is 87.1 Å². The second-order valence-corrected chi connectivity index (χ2v) is 16.5. The number of halogens is 1. The van der Waals surface area contributed by atoms with E-state index in [-0.39, 0.29) is 54.2 Å².